The number of carbonyl (C=O) groups is 1. The fourth-order valence-corrected chi connectivity index (χ4v) is 1.76. The first-order valence-corrected chi connectivity index (χ1v) is 5.60. The number of halogens is 2. The molecule has 2 aromatic carbocycles. The van der Waals surface area contributed by atoms with Gasteiger partial charge in [0.05, 0.1) is 0 Å². The number of ketones is 1. The van der Waals surface area contributed by atoms with Crippen LogP contribution in [0.15, 0.2) is 42.5 Å². The topological polar surface area (TPSA) is 17.1 Å². The molecule has 0 atom stereocenters. The largest absolute Gasteiger partial charge is 0.294 e. The van der Waals surface area contributed by atoms with Crippen LogP contribution in [0.25, 0.3) is 0 Å². The van der Waals surface area contributed by atoms with E-state index in [2.05, 4.69) is 0 Å². The van der Waals surface area contributed by atoms with E-state index in [1.807, 2.05) is 13.0 Å². The smallest absolute Gasteiger partial charge is 0.167 e. The van der Waals surface area contributed by atoms with Crippen molar-refractivity contribution in [2.45, 2.75) is 13.3 Å². The molecule has 0 aliphatic carbocycles. The number of Topliss-reactive ketones (excluding diaryl/α,β-unsaturated/α-hetero) is 1. The van der Waals surface area contributed by atoms with Crippen LogP contribution in [0.1, 0.15) is 21.5 Å². The van der Waals surface area contributed by atoms with Crippen molar-refractivity contribution in [3.8, 4) is 0 Å². The highest BCUT2D eigenvalue weighted by Crippen LogP contribution is 2.13. The van der Waals surface area contributed by atoms with Crippen LogP contribution in [0.5, 0.6) is 0 Å². The second kappa shape index (κ2) is 5.08. The summed E-state index contributed by atoms with van der Waals surface area (Å²) in [5, 5.41) is 0. The first-order valence-electron chi connectivity index (χ1n) is 5.60. The van der Waals surface area contributed by atoms with Gasteiger partial charge in [0.2, 0.25) is 0 Å². The maximum Gasteiger partial charge on any atom is 0.167 e. The Bertz CT molecular complexity index is 591. The Kier molecular flexibility index (Phi) is 3.51. The summed E-state index contributed by atoms with van der Waals surface area (Å²) >= 11 is 0. The lowest BCUT2D eigenvalue weighted by Gasteiger charge is -2.04. The van der Waals surface area contributed by atoms with Gasteiger partial charge in [0, 0.05) is 18.1 Å². The molecule has 0 aromatic heterocycles. The van der Waals surface area contributed by atoms with Crippen molar-refractivity contribution in [3.05, 3.63) is 70.8 Å². The molecular weight excluding hydrogens is 234 g/mol. The third-order valence-corrected chi connectivity index (χ3v) is 2.71. The molecule has 2 rings (SSSR count). The highest BCUT2D eigenvalue weighted by molar-refractivity contribution is 5.97. The highest BCUT2D eigenvalue weighted by atomic mass is 19.1. The minimum absolute atomic E-state index is 0.0600. The van der Waals surface area contributed by atoms with Crippen LogP contribution in [0, 0.1) is 18.6 Å². The summed E-state index contributed by atoms with van der Waals surface area (Å²) in [4.78, 5) is 11.9. The van der Waals surface area contributed by atoms with Gasteiger partial charge in [-0.3, -0.25) is 4.79 Å². The molecule has 0 N–H and O–H groups in total. The van der Waals surface area contributed by atoms with E-state index in [4.69, 9.17) is 0 Å². The number of rotatable bonds is 3. The van der Waals surface area contributed by atoms with E-state index in [0.29, 0.717) is 5.56 Å². The quantitative estimate of drug-likeness (QED) is 0.755. The van der Waals surface area contributed by atoms with Crippen LogP contribution >= 0.6 is 0 Å². The Balaban J connectivity index is 2.21. The molecule has 0 spiro atoms. The predicted molar refractivity (Wildman–Crippen MR) is 65.6 cm³/mol. The van der Waals surface area contributed by atoms with E-state index in [1.165, 1.54) is 6.07 Å². The zero-order valence-corrected chi connectivity index (χ0v) is 9.91. The summed E-state index contributed by atoms with van der Waals surface area (Å²) in [6.45, 7) is 1.88. The summed E-state index contributed by atoms with van der Waals surface area (Å²) in [5.74, 6) is -1.50. The van der Waals surface area contributed by atoms with E-state index in [0.717, 1.165) is 17.7 Å². The third-order valence-electron chi connectivity index (χ3n) is 2.71. The summed E-state index contributed by atoms with van der Waals surface area (Å²) < 4.78 is 26.1. The molecule has 3 heteroatoms. The summed E-state index contributed by atoms with van der Waals surface area (Å²) in [7, 11) is 0. The Morgan fingerprint density at radius 1 is 1.11 bits per heavy atom. The minimum atomic E-state index is -0.684. The number of aryl methyl sites for hydroxylation is 1. The molecule has 0 saturated heterocycles. The molecule has 0 fully saturated rings. The van der Waals surface area contributed by atoms with Gasteiger partial charge in [0.25, 0.3) is 0 Å². The van der Waals surface area contributed by atoms with Crippen molar-refractivity contribution in [2.24, 2.45) is 0 Å². The molecule has 0 aliphatic heterocycles. The van der Waals surface area contributed by atoms with Crippen LogP contribution in [0.2, 0.25) is 0 Å². The fraction of sp³-hybridized carbons (Fsp3) is 0.133. The Morgan fingerprint density at radius 2 is 1.89 bits per heavy atom. The summed E-state index contributed by atoms with van der Waals surface area (Å²) in [6, 6.07) is 10.4. The molecule has 0 bridgehead atoms. The molecule has 0 amide bonds. The van der Waals surface area contributed by atoms with Gasteiger partial charge in [-0.25, -0.2) is 8.78 Å². The fourth-order valence-electron chi connectivity index (χ4n) is 1.76. The van der Waals surface area contributed by atoms with Crippen LogP contribution in [-0.4, -0.2) is 5.78 Å². The van der Waals surface area contributed by atoms with Gasteiger partial charge >= 0.3 is 0 Å². The molecule has 2 aromatic rings. The van der Waals surface area contributed by atoms with Crippen molar-refractivity contribution in [2.75, 3.05) is 0 Å². The van der Waals surface area contributed by atoms with E-state index in [-0.39, 0.29) is 17.8 Å². The lowest BCUT2D eigenvalue weighted by Crippen LogP contribution is -2.05. The molecule has 0 heterocycles. The van der Waals surface area contributed by atoms with Crippen LogP contribution in [-0.2, 0) is 6.42 Å². The molecule has 0 radical (unpaired) electrons. The van der Waals surface area contributed by atoms with Gasteiger partial charge in [-0.05, 0) is 24.6 Å². The third kappa shape index (κ3) is 2.80. The predicted octanol–water partition coefficient (Wildman–Crippen LogP) is 3.70. The highest BCUT2D eigenvalue weighted by Gasteiger charge is 2.11. The van der Waals surface area contributed by atoms with E-state index < -0.39 is 11.6 Å². The van der Waals surface area contributed by atoms with E-state index in [9.17, 15) is 13.6 Å². The van der Waals surface area contributed by atoms with Crippen molar-refractivity contribution in [1.29, 1.82) is 0 Å². The lowest BCUT2D eigenvalue weighted by atomic mass is 10.0. The first kappa shape index (κ1) is 12.4. The van der Waals surface area contributed by atoms with Crippen molar-refractivity contribution >= 4 is 5.78 Å². The van der Waals surface area contributed by atoms with Gasteiger partial charge in [0.15, 0.2) is 5.78 Å². The van der Waals surface area contributed by atoms with Gasteiger partial charge in [-0.2, -0.15) is 0 Å². The van der Waals surface area contributed by atoms with Crippen LogP contribution in [0.4, 0.5) is 8.78 Å². The van der Waals surface area contributed by atoms with Gasteiger partial charge in [-0.1, -0.05) is 29.8 Å². The molecule has 1 nitrogen and oxygen atoms in total. The monoisotopic (exact) mass is 246 g/mol. The number of benzene rings is 2. The van der Waals surface area contributed by atoms with Crippen molar-refractivity contribution < 1.29 is 13.6 Å². The SMILES string of the molecule is Cc1cccc(C(=O)Cc2ccc(F)cc2F)c1. The average Bonchev–Trinajstić information content (AvgIpc) is 2.32. The van der Waals surface area contributed by atoms with E-state index in [1.54, 1.807) is 18.2 Å². The molecule has 92 valence electrons. The molecule has 0 saturated carbocycles. The van der Waals surface area contributed by atoms with Crippen LogP contribution in [0.3, 0.4) is 0 Å². The molecule has 18 heavy (non-hydrogen) atoms. The Hall–Kier alpha value is -2.03. The van der Waals surface area contributed by atoms with Crippen LogP contribution < -0.4 is 0 Å². The molecular formula is C15H12F2O. The number of hydrogen-bond acceptors (Lipinski definition) is 1. The Morgan fingerprint density at radius 3 is 2.56 bits per heavy atom. The normalized spacial score (nSPS) is 10.4. The van der Waals surface area contributed by atoms with Crippen molar-refractivity contribution in [3.63, 3.8) is 0 Å². The van der Waals surface area contributed by atoms with Gasteiger partial charge < -0.3 is 0 Å². The maximum atomic E-state index is 13.4. The van der Waals surface area contributed by atoms with Gasteiger partial charge in [-0.15, -0.1) is 0 Å². The average molecular weight is 246 g/mol. The maximum absolute atomic E-state index is 13.4. The number of hydrogen-bond donors (Lipinski definition) is 0. The first-order chi connectivity index (χ1) is 8.56. The standard InChI is InChI=1S/C15H12F2O/c1-10-3-2-4-12(7-10)15(18)8-11-5-6-13(16)9-14(11)17/h2-7,9H,8H2,1H3. The molecule has 0 unspecified atom stereocenters. The van der Waals surface area contributed by atoms with E-state index >= 15 is 0 Å². The lowest BCUT2D eigenvalue weighted by molar-refractivity contribution is 0.0991. The van der Waals surface area contributed by atoms with Crippen molar-refractivity contribution in [1.82, 2.24) is 0 Å². The second-order valence-corrected chi connectivity index (χ2v) is 4.21. The molecule has 0 aliphatic rings. The zero-order valence-electron chi connectivity index (χ0n) is 9.91. The second-order valence-electron chi connectivity index (χ2n) is 4.21. The Labute approximate surface area is 104 Å². The minimum Gasteiger partial charge on any atom is -0.294 e. The zero-order chi connectivity index (χ0) is 13.1. The summed E-state index contributed by atoms with van der Waals surface area (Å²) in [5.41, 5.74) is 1.72. The number of carbonyl (C=O) groups excluding carboxylic acids is 1. The van der Waals surface area contributed by atoms with Gasteiger partial charge in [0.1, 0.15) is 11.6 Å². The summed E-state index contributed by atoms with van der Waals surface area (Å²) in [6.07, 6.45) is -0.0600.